The van der Waals surface area contributed by atoms with Gasteiger partial charge in [-0.05, 0) is 43.0 Å². The Balaban J connectivity index is 2.11. The minimum atomic E-state index is -2.52. The maximum absolute atomic E-state index is 13.2. The van der Waals surface area contributed by atoms with Crippen LogP contribution >= 0.6 is 0 Å². The predicted molar refractivity (Wildman–Crippen MR) is 87.8 cm³/mol. The van der Waals surface area contributed by atoms with Crippen LogP contribution in [0.5, 0.6) is 5.75 Å². The lowest BCUT2D eigenvalue weighted by Gasteiger charge is -2.26. The molecule has 1 saturated carbocycles. The van der Waals surface area contributed by atoms with E-state index in [4.69, 9.17) is 4.74 Å². The highest BCUT2D eigenvalue weighted by molar-refractivity contribution is 5.99. The van der Waals surface area contributed by atoms with Gasteiger partial charge in [-0.3, -0.25) is 4.79 Å². The van der Waals surface area contributed by atoms with E-state index in [1.807, 2.05) is 12.2 Å². The number of nitrogens with one attached hydrogen (secondary N) is 1. The first-order valence-electron chi connectivity index (χ1n) is 7.61. The van der Waals surface area contributed by atoms with Crippen molar-refractivity contribution in [2.75, 3.05) is 12.4 Å². The normalized spacial score (nSPS) is 17.9. The zero-order valence-electron chi connectivity index (χ0n) is 13.1. The number of allylic oxidation sites excluding steroid dienone is 1. The van der Waals surface area contributed by atoms with E-state index in [1.165, 1.54) is 6.08 Å². The molecule has 0 radical (unpaired) electrons. The molecule has 1 fully saturated rings. The van der Waals surface area contributed by atoms with Gasteiger partial charge in [-0.2, -0.15) is 0 Å². The summed E-state index contributed by atoms with van der Waals surface area (Å²) >= 11 is 0. The van der Waals surface area contributed by atoms with Gasteiger partial charge in [0.15, 0.2) is 0 Å². The molecule has 0 aromatic heterocycles. The van der Waals surface area contributed by atoms with Crippen LogP contribution in [-0.4, -0.2) is 18.9 Å². The van der Waals surface area contributed by atoms with Crippen LogP contribution in [-0.2, 0) is 4.79 Å². The Morgan fingerprint density at radius 3 is 2.70 bits per heavy atom. The van der Waals surface area contributed by atoms with Gasteiger partial charge in [0, 0.05) is 24.1 Å². The van der Waals surface area contributed by atoms with Crippen molar-refractivity contribution in [1.82, 2.24) is 0 Å². The summed E-state index contributed by atoms with van der Waals surface area (Å²) in [4.78, 5) is 11.4. The molecule has 0 aliphatic heterocycles. The Kier molecular flexibility index (Phi) is 5.53. The number of amides is 1. The summed E-state index contributed by atoms with van der Waals surface area (Å²) < 4.78 is 31.7. The van der Waals surface area contributed by atoms with Crippen LogP contribution in [0.3, 0.4) is 0 Å². The molecule has 23 heavy (non-hydrogen) atoms. The van der Waals surface area contributed by atoms with E-state index in [1.54, 1.807) is 25.3 Å². The van der Waals surface area contributed by atoms with Gasteiger partial charge in [0.2, 0.25) is 11.8 Å². The molecular formula is C18H21F2NO2. The van der Waals surface area contributed by atoms with Gasteiger partial charge in [0.25, 0.3) is 0 Å². The Labute approximate surface area is 135 Å². The molecule has 1 N–H and O–H groups in total. The molecule has 1 aromatic carbocycles. The lowest BCUT2D eigenvalue weighted by atomic mass is 9.86. The highest BCUT2D eigenvalue weighted by Gasteiger charge is 2.33. The summed E-state index contributed by atoms with van der Waals surface area (Å²) in [7, 11) is 1.57. The first kappa shape index (κ1) is 17.2. The van der Waals surface area contributed by atoms with E-state index in [0.717, 1.165) is 5.56 Å². The van der Waals surface area contributed by atoms with E-state index in [2.05, 4.69) is 11.9 Å². The molecular weight excluding hydrogens is 300 g/mol. The maximum atomic E-state index is 13.2. The topological polar surface area (TPSA) is 38.3 Å². The summed E-state index contributed by atoms with van der Waals surface area (Å²) in [6, 6.07) is 5.28. The van der Waals surface area contributed by atoms with Crippen molar-refractivity contribution in [2.45, 2.75) is 31.6 Å². The molecule has 1 aromatic rings. The average Bonchev–Trinajstić information content (AvgIpc) is 2.54. The highest BCUT2D eigenvalue weighted by atomic mass is 19.3. The third kappa shape index (κ3) is 4.91. The summed E-state index contributed by atoms with van der Waals surface area (Å²) in [6.45, 7) is 3.41. The molecule has 0 saturated heterocycles. The van der Waals surface area contributed by atoms with E-state index >= 15 is 0 Å². The second kappa shape index (κ2) is 7.40. The van der Waals surface area contributed by atoms with Crippen molar-refractivity contribution >= 4 is 17.7 Å². The molecule has 0 bridgehead atoms. The zero-order chi connectivity index (χ0) is 16.9. The summed E-state index contributed by atoms with van der Waals surface area (Å²) in [5.41, 5.74) is 1.43. The molecule has 3 nitrogen and oxygen atoms in total. The molecule has 5 heteroatoms. The SMILES string of the molecule is C=CC(=O)Nc1ccc(OC)c(C=CC2CCC(F)(F)CC2)c1. The van der Waals surface area contributed by atoms with E-state index in [-0.39, 0.29) is 24.7 Å². The number of ether oxygens (including phenoxy) is 1. The van der Waals surface area contributed by atoms with Crippen molar-refractivity contribution in [3.63, 3.8) is 0 Å². The van der Waals surface area contributed by atoms with Crippen LogP contribution in [0.15, 0.2) is 36.9 Å². The fourth-order valence-electron chi connectivity index (χ4n) is 2.63. The summed E-state index contributed by atoms with van der Waals surface area (Å²) in [5.74, 6) is -2.00. The minimum absolute atomic E-state index is 0.0609. The Bertz CT molecular complexity index is 601. The molecule has 0 atom stereocenters. The number of halogens is 2. The van der Waals surface area contributed by atoms with Gasteiger partial charge in [-0.25, -0.2) is 8.78 Å². The number of hydrogen-bond acceptors (Lipinski definition) is 2. The number of carbonyl (C=O) groups is 1. The van der Waals surface area contributed by atoms with Crippen LogP contribution in [0.1, 0.15) is 31.2 Å². The van der Waals surface area contributed by atoms with Gasteiger partial charge in [-0.1, -0.05) is 18.7 Å². The fraction of sp³-hybridized carbons (Fsp3) is 0.389. The number of hydrogen-bond donors (Lipinski definition) is 1. The van der Waals surface area contributed by atoms with Crippen molar-refractivity contribution in [2.24, 2.45) is 5.92 Å². The average molecular weight is 321 g/mol. The zero-order valence-corrected chi connectivity index (χ0v) is 13.1. The van der Waals surface area contributed by atoms with Crippen LogP contribution in [0.4, 0.5) is 14.5 Å². The Morgan fingerprint density at radius 2 is 2.09 bits per heavy atom. The van der Waals surface area contributed by atoms with Crippen molar-refractivity contribution < 1.29 is 18.3 Å². The summed E-state index contributed by atoms with van der Waals surface area (Å²) in [6.07, 6.45) is 5.87. The van der Waals surface area contributed by atoms with E-state index in [0.29, 0.717) is 24.3 Å². The van der Waals surface area contributed by atoms with Gasteiger partial charge < -0.3 is 10.1 Å². The van der Waals surface area contributed by atoms with Gasteiger partial charge >= 0.3 is 0 Å². The standard InChI is InChI=1S/C18H21F2NO2/c1-3-17(22)21-15-6-7-16(23-2)14(12-15)5-4-13-8-10-18(19,20)11-9-13/h3-7,12-13H,1,8-11H2,2H3,(H,21,22). The van der Waals surface area contributed by atoms with E-state index in [9.17, 15) is 13.6 Å². The molecule has 1 aliphatic carbocycles. The number of methoxy groups -OCH3 is 1. The number of carbonyl (C=O) groups excluding carboxylic acids is 1. The first-order chi connectivity index (χ1) is 10.9. The van der Waals surface area contributed by atoms with E-state index < -0.39 is 5.92 Å². The van der Waals surface area contributed by atoms with Crippen molar-refractivity contribution in [3.8, 4) is 5.75 Å². The predicted octanol–water partition coefficient (Wildman–Crippen LogP) is 4.66. The van der Waals surface area contributed by atoms with Gasteiger partial charge in [0.05, 0.1) is 7.11 Å². The second-order valence-corrected chi connectivity index (χ2v) is 5.70. The number of alkyl halides is 2. The van der Waals surface area contributed by atoms with Gasteiger partial charge in [0.1, 0.15) is 5.75 Å². The van der Waals surface area contributed by atoms with Crippen LogP contribution in [0.2, 0.25) is 0 Å². The number of anilines is 1. The Morgan fingerprint density at radius 1 is 1.39 bits per heavy atom. The van der Waals surface area contributed by atoms with Gasteiger partial charge in [-0.15, -0.1) is 0 Å². The lowest BCUT2D eigenvalue weighted by molar-refractivity contribution is -0.111. The molecule has 1 aliphatic rings. The number of rotatable bonds is 5. The van der Waals surface area contributed by atoms with Crippen molar-refractivity contribution in [1.29, 1.82) is 0 Å². The molecule has 0 spiro atoms. The second-order valence-electron chi connectivity index (χ2n) is 5.70. The summed E-state index contributed by atoms with van der Waals surface area (Å²) in [5, 5.41) is 2.69. The molecule has 0 heterocycles. The monoisotopic (exact) mass is 321 g/mol. The first-order valence-corrected chi connectivity index (χ1v) is 7.61. The maximum Gasteiger partial charge on any atom is 0.248 e. The number of benzene rings is 1. The molecule has 2 rings (SSSR count). The molecule has 1 amide bonds. The largest absolute Gasteiger partial charge is 0.496 e. The van der Waals surface area contributed by atoms with Crippen LogP contribution in [0, 0.1) is 5.92 Å². The Hall–Kier alpha value is -2.17. The third-order valence-electron chi connectivity index (χ3n) is 3.99. The third-order valence-corrected chi connectivity index (χ3v) is 3.99. The lowest BCUT2D eigenvalue weighted by Crippen LogP contribution is -2.23. The quantitative estimate of drug-likeness (QED) is 0.801. The minimum Gasteiger partial charge on any atom is -0.496 e. The molecule has 0 unspecified atom stereocenters. The smallest absolute Gasteiger partial charge is 0.248 e. The fourth-order valence-corrected chi connectivity index (χ4v) is 2.63. The van der Waals surface area contributed by atoms with Crippen LogP contribution < -0.4 is 10.1 Å². The highest BCUT2D eigenvalue weighted by Crippen LogP contribution is 2.37. The molecule has 124 valence electrons. The van der Waals surface area contributed by atoms with Crippen LogP contribution in [0.25, 0.3) is 6.08 Å². The van der Waals surface area contributed by atoms with Crippen molar-refractivity contribution in [3.05, 3.63) is 42.5 Å².